The molecule has 0 heterocycles. The molecule has 0 aliphatic rings. The number of hydrogen-bond acceptors (Lipinski definition) is 1. The van der Waals surface area contributed by atoms with Gasteiger partial charge in [0.25, 0.3) is 0 Å². The topological polar surface area (TPSA) is 9.23 Å². The molecule has 0 fully saturated rings. The van der Waals surface area contributed by atoms with Gasteiger partial charge in [-0.25, -0.2) is 0 Å². The number of ether oxygens (including phenoxy) is 1. The van der Waals surface area contributed by atoms with Crippen molar-refractivity contribution in [3.63, 3.8) is 0 Å². The molecule has 0 N–H and O–H groups in total. The van der Waals surface area contributed by atoms with E-state index in [1.807, 2.05) is 0 Å². The summed E-state index contributed by atoms with van der Waals surface area (Å²) < 4.78 is 5.16. The Labute approximate surface area is 97.6 Å². The van der Waals surface area contributed by atoms with Gasteiger partial charge in [-0.2, -0.15) is 0 Å². The molecule has 0 rings (SSSR count). The molecule has 0 aromatic rings. The molecule has 0 aromatic heterocycles. The van der Waals surface area contributed by atoms with Crippen LogP contribution in [0.2, 0.25) is 24.2 Å². The lowest BCUT2D eigenvalue weighted by molar-refractivity contribution is 0.198. The lowest BCUT2D eigenvalue weighted by atomic mass is 9.82. The first-order valence-electron chi connectivity index (χ1n) is 6.05. The van der Waals surface area contributed by atoms with Crippen LogP contribution in [0.4, 0.5) is 0 Å². The van der Waals surface area contributed by atoms with E-state index in [0.29, 0.717) is 10.5 Å². The van der Waals surface area contributed by atoms with Crippen LogP contribution < -0.4 is 0 Å². The van der Waals surface area contributed by atoms with E-state index in [-0.39, 0.29) is 0 Å². The molecule has 0 amide bonds. The quantitative estimate of drug-likeness (QED) is 0.497. The van der Waals surface area contributed by atoms with Crippen molar-refractivity contribution in [2.24, 2.45) is 5.41 Å². The number of methoxy groups -OCH3 is 1. The molecule has 0 radical (unpaired) electrons. The van der Waals surface area contributed by atoms with Crippen molar-refractivity contribution in [2.45, 2.75) is 65.2 Å². The fraction of sp³-hybridized carbons (Fsp3) is 1.00. The van der Waals surface area contributed by atoms with Crippen molar-refractivity contribution >= 4 is 8.07 Å². The van der Waals surface area contributed by atoms with Crippen molar-refractivity contribution in [1.29, 1.82) is 0 Å². The first-order valence-corrected chi connectivity index (χ1v) is 9.26. The molecule has 15 heavy (non-hydrogen) atoms. The SMILES string of the molecule is COCCC[Si](C)(C)C(C)(C)C(C)(C)C. The van der Waals surface area contributed by atoms with Gasteiger partial charge in [-0.1, -0.05) is 53.8 Å². The molecule has 0 spiro atoms. The van der Waals surface area contributed by atoms with Gasteiger partial charge in [0.1, 0.15) is 0 Å². The van der Waals surface area contributed by atoms with E-state index >= 15 is 0 Å². The molecule has 0 aliphatic heterocycles. The molecule has 1 nitrogen and oxygen atoms in total. The summed E-state index contributed by atoms with van der Waals surface area (Å²) in [6.07, 6.45) is 1.22. The van der Waals surface area contributed by atoms with Crippen molar-refractivity contribution in [2.75, 3.05) is 13.7 Å². The Balaban J connectivity index is 4.56. The van der Waals surface area contributed by atoms with Gasteiger partial charge >= 0.3 is 0 Å². The summed E-state index contributed by atoms with van der Waals surface area (Å²) in [6.45, 7) is 18.0. The molecule has 2 heteroatoms. The predicted molar refractivity (Wildman–Crippen MR) is 72.3 cm³/mol. The highest BCUT2D eigenvalue weighted by molar-refractivity contribution is 6.80. The zero-order valence-corrected chi connectivity index (χ0v) is 13.0. The molecule has 0 saturated heterocycles. The Bertz CT molecular complexity index is 189. The van der Waals surface area contributed by atoms with Crippen LogP contribution in [0.5, 0.6) is 0 Å². The molecule has 0 bridgehead atoms. The molecule has 0 saturated carbocycles. The van der Waals surface area contributed by atoms with Gasteiger partial charge in [-0.15, -0.1) is 0 Å². The van der Waals surface area contributed by atoms with E-state index in [4.69, 9.17) is 4.74 Å². The third-order valence-corrected chi connectivity index (χ3v) is 10.5. The van der Waals surface area contributed by atoms with Crippen LogP contribution >= 0.6 is 0 Å². The Morgan fingerprint density at radius 1 is 1.00 bits per heavy atom. The van der Waals surface area contributed by atoms with Crippen LogP contribution in [0, 0.1) is 5.41 Å². The number of hydrogen-bond donors (Lipinski definition) is 0. The van der Waals surface area contributed by atoms with Gasteiger partial charge in [-0.3, -0.25) is 0 Å². The van der Waals surface area contributed by atoms with E-state index in [2.05, 4.69) is 47.7 Å². The fourth-order valence-electron chi connectivity index (χ4n) is 1.99. The molecular weight excluding hydrogens is 200 g/mol. The molecule has 0 aliphatic carbocycles. The Morgan fingerprint density at radius 3 is 1.80 bits per heavy atom. The van der Waals surface area contributed by atoms with Crippen LogP contribution in [-0.2, 0) is 4.74 Å². The summed E-state index contributed by atoms with van der Waals surface area (Å²) in [5, 5.41) is 0.466. The predicted octanol–water partition coefficient (Wildman–Crippen LogP) is 4.56. The monoisotopic (exact) mass is 230 g/mol. The maximum absolute atomic E-state index is 5.16. The van der Waals surface area contributed by atoms with Crippen molar-refractivity contribution in [3.05, 3.63) is 0 Å². The van der Waals surface area contributed by atoms with Crippen LogP contribution in [0.15, 0.2) is 0 Å². The van der Waals surface area contributed by atoms with Gasteiger partial charge in [0.15, 0.2) is 0 Å². The summed E-state index contributed by atoms with van der Waals surface area (Å²) in [5.74, 6) is 0. The van der Waals surface area contributed by atoms with Crippen LogP contribution in [0.1, 0.15) is 41.0 Å². The standard InChI is InChI=1S/C13H30OSi/c1-12(2,3)13(4,5)15(7,8)11-9-10-14-6/h9-11H2,1-8H3. The van der Waals surface area contributed by atoms with Crippen LogP contribution in [-0.4, -0.2) is 21.8 Å². The Morgan fingerprint density at radius 2 is 1.47 bits per heavy atom. The first-order chi connectivity index (χ1) is 6.56. The summed E-state index contributed by atoms with van der Waals surface area (Å²) in [6, 6.07) is 1.37. The first kappa shape index (κ1) is 15.2. The third-order valence-electron chi connectivity index (χ3n) is 4.72. The number of rotatable bonds is 5. The second kappa shape index (κ2) is 5.01. The highest BCUT2D eigenvalue weighted by Crippen LogP contribution is 2.53. The maximum atomic E-state index is 5.16. The smallest absolute Gasteiger partial charge is 0.0536 e. The summed E-state index contributed by atoms with van der Waals surface area (Å²) >= 11 is 0. The van der Waals surface area contributed by atoms with E-state index in [1.54, 1.807) is 7.11 Å². The van der Waals surface area contributed by atoms with Gasteiger partial charge in [0.05, 0.1) is 8.07 Å². The van der Waals surface area contributed by atoms with Gasteiger partial charge in [0.2, 0.25) is 0 Å². The van der Waals surface area contributed by atoms with Crippen molar-refractivity contribution < 1.29 is 4.74 Å². The van der Waals surface area contributed by atoms with Crippen LogP contribution in [0.25, 0.3) is 0 Å². The van der Waals surface area contributed by atoms with E-state index in [0.717, 1.165) is 6.61 Å². The molecular formula is C13H30OSi. The minimum Gasteiger partial charge on any atom is -0.385 e. The average Bonchev–Trinajstić information content (AvgIpc) is 2.02. The third kappa shape index (κ3) is 3.60. The maximum Gasteiger partial charge on any atom is 0.0536 e. The van der Waals surface area contributed by atoms with Crippen molar-refractivity contribution in [3.8, 4) is 0 Å². The van der Waals surface area contributed by atoms with E-state index in [1.165, 1.54) is 12.5 Å². The van der Waals surface area contributed by atoms with E-state index in [9.17, 15) is 0 Å². The molecule has 0 aromatic carbocycles. The van der Waals surface area contributed by atoms with Gasteiger partial charge in [-0.05, 0) is 16.9 Å². The zero-order chi connectivity index (χ0) is 12.3. The van der Waals surface area contributed by atoms with Gasteiger partial charge in [0, 0.05) is 13.7 Å². The largest absolute Gasteiger partial charge is 0.385 e. The highest BCUT2D eigenvalue weighted by Gasteiger charge is 2.45. The zero-order valence-electron chi connectivity index (χ0n) is 12.0. The Kier molecular flexibility index (Phi) is 5.06. The minimum atomic E-state index is -1.18. The second-order valence-electron chi connectivity index (χ2n) is 6.86. The van der Waals surface area contributed by atoms with E-state index < -0.39 is 8.07 Å². The second-order valence-corrected chi connectivity index (χ2v) is 12.4. The molecule has 0 atom stereocenters. The van der Waals surface area contributed by atoms with Gasteiger partial charge < -0.3 is 4.74 Å². The lowest BCUT2D eigenvalue weighted by Crippen LogP contribution is -2.46. The Hall–Kier alpha value is 0.177. The highest BCUT2D eigenvalue weighted by atomic mass is 28.3. The molecule has 92 valence electrons. The lowest BCUT2D eigenvalue weighted by Gasteiger charge is -2.50. The average molecular weight is 230 g/mol. The summed E-state index contributed by atoms with van der Waals surface area (Å²) in [7, 11) is 0.612. The molecule has 0 unspecified atom stereocenters. The fourth-order valence-corrected chi connectivity index (χ4v) is 5.67. The van der Waals surface area contributed by atoms with Crippen LogP contribution in [0.3, 0.4) is 0 Å². The summed E-state index contributed by atoms with van der Waals surface area (Å²) in [5.41, 5.74) is 0.399. The minimum absolute atomic E-state index is 0.399. The summed E-state index contributed by atoms with van der Waals surface area (Å²) in [4.78, 5) is 0. The van der Waals surface area contributed by atoms with Crippen molar-refractivity contribution in [1.82, 2.24) is 0 Å². The normalized spacial score (nSPS) is 14.4.